The molecule has 0 radical (unpaired) electrons. The number of hydrogen-bond donors (Lipinski definition) is 1. The summed E-state index contributed by atoms with van der Waals surface area (Å²) in [5.74, 6) is 1.17. The number of benzene rings is 1. The topological polar surface area (TPSA) is 37.8 Å². The molecule has 0 saturated carbocycles. The monoisotopic (exact) mass is 273 g/mol. The van der Waals surface area contributed by atoms with E-state index in [2.05, 4.69) is 36.1 Å². The van der Waals surface area contributed by atoms with E-state index in [0.717, 1.165) is 17.1 Å². The number of nitrogens with one attached hydrogen (secondary N) is 1. The van der Waals surface area contributed by atoms with Crippen molar-refractivity contribution in [1.29, 1.82) is 0 Å². The van der Waals surface area contributed by atoms with E-state index in [1.807, 2.05) is 13.1 Å². The largest absolute Gasteiger partial charge is 0.373 e. The Hall–Kier alpha value is -1.97. The molecular formula is C16H20FN3. The van der Waals surface area contributed by atoms with Gasteiger partial charge in [0.15, 0.2) is 5.82 Å². The van der Waals surface area contributed by atoms with Gasteiger partial charge in [-0.3, -0.25) is 0 Å². The van der Waals surface area contributed by atoms with Crippen LogP contribution >= 0.6 is 0 Å². The maximum Gasteiger partial charge on any atom is 0.161 e. The molecule has 0 aliphatic rings. The van der Waals surface area contributed by atoms with Crippen molar-refractivity contribution in [1.82, 2.24) is 9.97 Å². The fourth-order valence-corrected chi connectivity index (χ4v) is 1.87. The first-order valence-corrected chi connectivity index (χ1v) is 6.65. The molecule has 20 heavy (non-hydrogen) atoms. The van der Waals surface area contributed by atoms with Crippen LogP contribution in [0.25, 0.3) is 11.4 Å². The highest BCUT2D eigenvalue weighted by Crippen LogP contribution is 2.26. The Morgan fingerprint density at radius 2 is 1.80 bits per heavy atom. The van der Waals surface area contributed by atoms with E-state index in [4.69, 9.17) is 0 Å². The predicted octanol–water partition coefficient (Wildman–Crippen LogP) is 3.93. The SMILES string of the molecule is CNc1cc(C(C)(C)C)nc(-c2ccc(F)c(C)c2)n1. The fourth-order valence-electron chi connectivity index (χ4n) is 1.87. The van der Waals surface area contributed by atoms with Crippen LogP contribution in [-0.4, -0.2) is 17.0 Å². The van der Waals surface area contributed by atoms with Gasteiger partial charge in [0.05, 0.1) is 5.69 Å². The maximum atomic E-state index is 13.4. The highest BCUT2D eigenvalue weighted by Gasteiger charge is 2.18. The molecule has 1 aromatic carbocycles. The second-order valence-corrected chi connectivity index (χ2v) is 5.93. The van der Waals surface area contributed by atoms with Gasteiger partial charge in [0.25, 0.3) is 0 Å². The van der Waals surface area contributed by atoms with Crippen LogP contribution in [0.3, 0.4) is 0 Å². The summed E-state index contributed by atoms with van der Waals surface area (Å²) in [6.07, 6.45) is 0. The van der Waals surface area contributed by atoms with Crippen LogP contribution in [0.5, 0.6) is 0 Å². The lowest BCUT2D eigenvalue weighted by Crippen LogP contribution is -2.15. The van der Waals surface area contributed by atoms with Crippen LogP contribution in [0.2, 0.25) is 0 Å². The average molecular weight is 273 g/mol. The van der Waals surface area contributed by atoms with Gasteiger partial charge < -0.3 is 5.32 Å². The summed E-state index contributed by atoms with van der Waals surface area (Å²) < 4.78 is 13.4. The van der Waals surface area contributed by atoms with Crippen LogP contribution in [-0.2, 0) is 5.41 Å². The van der Waals surface area contributed by atoms with Crippen molar-refractivity contribution in [2.45, 2.75) is 33.1 Å². The van der Waals surface area contributed by atoms with Crippen molar-refractivity contribution in [2.24, 2.45) is 0 Å². The quantitative estimate of drug-likeness (QED) is 0.901. The van der Waals surface area contributed by atoms with Crippen LogP contribution in [0.15, 0.2) is 24.3 Å². The Labute approximate surface area is 119 Å². The zero-order chi connectivity index (χ0) is 14.9. The minimum atomic E-state index is -0.213. The molecule has 4 heteroatoms. The normalized spacial score (nSPS) is 11.5. The second-order valence-electron chi connectivity index (χ2n) is 5.93. The molecule has 0 aliphatic heterocycles. The van der Waals surface area contributed by atoms with Gasteiger partial charge in [0, 0.05) is 24.1 Å². The Morgan fingerprint density at radius 1 is 1.10 bits per heavy atom. The molecule has 0 unspecified atom stereocenters. The first-order valence-electron chi connectivity index (χ1n) is 6.65. The van der Waals surface area contributed by atoms with E-state index in [9.17, 15) is 4.39 Å². The van der Waals surface area contributed by atoms with Crippen LogP contribution in [0.1, 0.15) is 32.0 Å². The lowest BCUT2D eigenvalue weighted by molar-refractivity contribution is 0.568. The molecule has 0 spiro atoms. The molecule has 1 aromatic heterocycles. The van der Waals surface area contributed by atoms with Crippen LogP contribution < -0.4 is 5.32 Å². The molecule has 0 fully saturated rings. The van der Waals surface area contributed by atoms with Gasteiger partial charge in [-0.25, -0.2) is 14.4 Å². The molecule has 1 N–H and O–H groups in total. The summed E-state index contributed by atoms with van der Waals surface area (Å²) in [6.45, 7) is 8.06. The number of aryl methyl sites for hydroxylation is 1. The van der Waals surface area contributed by atoms with Gasteiger partial charge in [-0.1, -0.05) is 20.8 Å². The van der Waals surface area contributed by atoms with Gasteiger partial charge in [0.2, 0.25) is 0 Å². The number of aromatic nitrogens is 2. The van der Waals surface area contributed by atoms with Gasteiger partial charge in [0.1, 0.15) is 11.6 Å². The molecule has 0 atom stereocenters. The third-order valence-electron chi connectivity index (χ3n) is 3.17. The minimum Gasteiger partial charge on any atom is -0.373 e. The fraction of sp³-hybridized carbons (Fsp3) is 0.375. The van der Waals surface area contributed by atoms with E-state index >= 15 is 0 Å². The molecule has 0 amide bonds. The molecular weight excluding hydrogens is 253 g/mol. The smallest absolute Gasteiger partial charge is 0.161 e. The molecule has 2 rings (SSSR count). The zero-order valence-corrected chi connectivity index (χ0v) is 12.6. The van der Waals surface area contributed by atoms with E-state index < -0.39 is 0 Å². The summed E-state index contributed by atoms with van der Waals surface area (Å²) >= 11 is 0. The van der Waals surface area contributed by atoms with Crippen LogP contribution in [0, 0.1) is 12.7 Å². The number of halogens is 1. The summed E-state index contributed by atoms with van der Waals surface area (Å²) in [5, 5.41) is 3.05. The Bertz CT molecular complexity index is 630. The molecule has 0 bridgehead atoms. The summed E-state index contributed by atoms with van der Waals surface area (Å²) in [6, 6.07) is 6.89. The van der Waals surface area contributed by atoms with Gasteiger partial charge >= 0.3 is 0 Å². The lowest BCUT2D eigenvalue weighted by atomic mass is 9.91. The highest BCUT2D eigenvalue weighted by molar-refractivity contribution is 5.59. The van der Waals surface area contributed by atoms with E-state index in [-0.39, 0.29) is 11.2 Å². The average Bonchev–Trinajstić information content (AvgIpc) is 2.40. The maximum absolute atomic E-state index is 13.4. The number of nitrogens with zero attached hydrogens (tertiary/aromatic N) is 2. The molecule has 3 nitrogen and oxygen atoms in total. The standard InChI is InChI=1S/C16H20FN3/c1-10-8-11(6-7-12(10)17)15-19-13(16(2,3)4)9-14(18-5)20-15/h6-9H,1-5H3,(H,18,19,20). The third kappa shape index (κ3) is 2.95. The third-order valence-corrected chi connectivity index (χ3v) is 3.17. The van der Waals surface area contributed by atoms with Crippen molar-refractivity contribution in [2.75, 3.05) is 12.4 Å². The van der Waals surface area contributed by atoms with Gasteiger partial charge in [-0.2, -0.15) is 0 Å². The molecule has 0 aliphatic carbocycles. The van der Waals surface area contributed by atoms with E-state index in [1.54, 1.807) is 19.1 Å². The number of hydrogen-bond acceptors (Lipinski definition) is 3. The van der Waals surface area contributed by atoms with E-state index in [0.29, 0.717) is 11.4 Å². The highest BCUT2D eigenvalue weighted by atomic mass is 19.1. The summed E-state index contributed by atoms with van der Waals surface area (Å²) in [5.41, 5.74) is 2.30. The number of anilines is 1. The van der Waals surface area contributed by atoms with Gasteiger partial charge in [-0.15, -0.1) is 0 Å². The predicted molar refractivity (Wildman–Crippen MR) is 80.4 cm³/mol. The molecule has 2 aromatic rings. The Morgan fingerprint density at radius 3 is 2.35 bits per heavy atom. The van der Waals surface area contributed by atoms with Crippen molar-refractivity contribution >= 4 is 5.82 Å². The van der Waals surface area contributed by atoms with E-state index in [1.165, 1.54) is 6.07 Å². The van der Waals surface area contributed by atoms with Crippen molar-refractivity contribution in [3.8, 4) is 11.4 Å². The Kier molecular flexibility index (Phi) is 3.75. The lowest BCUT2D eigenvalue weighted by Gasteiger charge is -2.19. The minimum absolute atomic E-state index is 0.0711. The van der Waals surface area contributed by atoms with Crippen LogP contribution in [0.4, 0.5) is 10.2 Å². The Balaban J connectivity index is 2.58. The van der Waals surface area contributed by atoms with Gasteiger partial charge in [-0.05, 0) is 30.7 Å². The zero-order valence-electron chi connectivity index (χ0n) is 12.6. The number of rotatable bonds is 2. The summed E-state index contributed by atoms with van der Waals surface area (Å²) in [4.78, 5) is 9.08. The first kappa shape index (κ1) is 14.4. The van der Waals surface area contributed by atoms with Crippen molar-refractivity contribution < 1.29 is 4.39 Å². The second kappa shape index (κ2) is 5.19. The molecule has 0 saturated heterocycles. The summed E-state index contributed by atoms with van der Waals surface area (Å²) in [7, 11) is 1.83. The first-order chi connectivity index (χ1) is 9.31. The molecule has 106 valence electrons. The van der Waals surface area contributed by atoms with Crippen molar-refractivity contribution in [3.05, 3.63) is 41.3 Å². The molecule has 1 heterocycles. The van der Waals surface area contributed by atoms with Crippen molar-refractivity contribution in [3.63, 3.8) is 0 Å².